The molecule has 200 valence electrons. The molecule has 0 saturated carbocycles. The zero-order valence-corrected chi connectivity index (χ0v) is 22.2. The minimum Gasteiger partial charge on any atom is -0.464 e. The van der Waals surface area contributed by atoms with E-state index in [1.54, 1.807) is 12.1 Å². The molecule has 2 fully saturated rings. The molecule has 0 spiro atoms. The van der Waals surface area contributed by atoms with Crippen LogP contribution in [0.15, 0.2) is 36.5 Å². The Morgan fingerprint density at radius 3 is 2.55 bits per heavy atom. The van der Waals surface area contributed by atoms with Crippen LogP contribution in [0.1, 0.15) is 24.3 Å². The van der Waals surface area contributed by atoms with Gasteiger partial charge < -0.3 is 24.2 Å². The van der Waals surface area contributed by atoms with E-state index in [1.807, 2.05) is 11.0 Å². The second kappa shape index (κ2) is 11.0. The molecule has 2 unspecified atom stereocenters. The minimum atomic E-state index is -0.588. The lowest BCUT2D eigenvalue weighted by Crippen LogP contribution is -2.53. The first-order valence-electron chi connectivity index (χ1n) is 12.5. The predicted molar refractivity (Wildman–Crippen MR) is 142 cm³/mol. The first kappa shape index (κ1) is 26.1. The van der Waals surface area contributed by atoms with Crippen LogP contribution in [0.5, 0.6) is 0 Å². The molecule has 2 aromatic heterocycles. The highest BCUT2D eigenvalue weighted by Crippen LogP contribution is 2.30. The largest absolute Gasteiger partial charge is 0.464 e. The molecule has 0 amide bonds. The van der Waals surface area contributed by atoms with Gasteiger partial charge in [0.25, 0.3) is 0 Å². The van der Waals surface area contributed by atoms with Crippen molar-refractivity contribution in [1.82, 2.24) is 19.9 Å². The van der Waals surface area contributed by atoms with E-state index < -0.39 is 5.97 Å². The maximum atomic E-state index is 13.6. The summed E-state index contributed by atoms with van der Waals surface area (Å²) in [6.45, 7) is 7.98. The number of benzene rings is 1. The SMILES string of the molecule is COC(=O)c1cnc(N2CCN(c3cc(-c4ccc(F)cc4)nc(N4CCOCC4C)n3)C(C)C2)c(Cl)n1. The maximum Gasteiger partial charge on any atom is 0.358 e. The van der Waals surface area contributed by atoms with E-state index >= 15 is 0 Å². The number of carbonyl (C=O) groups is 1. The van der Waals surface area contributed by atoms with Crippen LogP contribution in [0.4, 0.5) is 22.0 Å². The zero-order valence-electron chi connectivity index (χ0n) is 21.5. The minimum absolute atomic E-state index is 0.0489. The summed E-state index contributed by atoms with van der Waals surface area (Å²) in [5, 5.41) is 0.151. The Hall–Kier alpha value is -3.57. The van der Waals surface area contributed by atoms with Crippen LogP contribution in [0.25, 0.3) is 11.3 Å². The number of hydrogen-bond donors (Lipinski definition) is 0. The summed E-state index contributed by atoms with van der Waals surface area (Å²) in [6.07, 6.45) is 1.37. The van der Waals surface area contributed by atoms with Crippen LogP contribution in [0, 0.1) is 5.82 Å². The fraction of sp³-hybridized carbons (Fsp3) is 0.423. The topological polar surface area (TPSA) is 96.8 Å². The highest BCUT2D eigenvalue weighted by atomic mass is 35.5. The van der Waals surface area contributed by atoms with E-state index in [9.17, 15) is 9.18 Å². The number of halogens is 2. The molecule has 10 nitrogen and oxygen atoms in total. The average molecular weight is 542 g/mol. The van der Waals surface area contributed by atoms with Gasteiger partial charge in [-0.05, 0) is 38.1 Å². The van der Waals surface area contributed by atoms with Crippen molar-refractivity contribution in [2.75, 3.05) is 61.2 Å². The van der Waals surface area contributed by atoms with Gasteiger partial charge >= 0.3 is 5.97 Å². The van der Waals surface area contributed by atoms with E-state index in [0.29, 0.717) is 51.2 Å². The molecule has 0 aliphatic carbocycles. The number of aromatic nitrogens is 4. The molecule has 0 bridgehead atoms. The number of anilines is 3. The molecule has 2 atom stereocenters. The van der Waals surface area contributed by atoms with Crippen molar-refractivity contribution in [2.24, 2.45) is 0 Å². The predicted octanol–water partition coefficient (Wildman–Crippen LogP) is 3.45. The molecule has 12 heteroatoms. The standard InChI is InChI=1S/C26H29ClFN7O3/c1-16-14-33(24-23(27)30-21(13-29-24)25(36)37-3)8-9-34(16)22-12-20(18-4-6-19(28)7-5-18)31-26(32-22)35-10-11-38-15-17(35)2/h4-7,12-13,16-17H,8-11,14-15H2,1-3H3. The van der Waals surface area contributed by atoms with Crippen LogP contribution in [-0.2, 0) is 9.47 Å². The van der Waals surface area contributed by atoms with Gasteiger partial charge in [-0.1, -0.05) is 11.6 Å². The summed E-state index contributed by atoms with van der Waals surface area (Å²) >= 11 is 6.39. The highest BCUT2D eigenvalue weighted by Gasteiger charge is 2.30. The Bertz CT molecular complexity index is 1310. The maximum absolute atomic E-state index is 13.6. The lowest BCUT2D eigenvalue weighted by Gasteiger charge is -2.41. The van der Waals surface area contributed by atoms with Gasteiger partial charge in [-0.2, -0.15) is 4.98 Å². The second-order valence-corrected chi connectivity index (χ2v) is 9.74. The van der Waals surface area contributed by atoms with Crippen molar-refractivity contribution in [3.63, 3.8) is 0 Å². The summed E-state index contributed by atoms with van der Waals surface area (Å²) in [5.41, 5.74) is 1.61. The van der Waals surface area contributed by atoms with E-state index in [0.717, 1.165) is 17.1 Å². The van der Waals surface area contributed by atoms with Crippen molar-refractivity contribution < 1.29 is 18.7 Å². The fourth-order valence-corrected chi connectivity index (χ4v) is 5.02. The third kappa shape index (κ3) is 5.34. The Morgan fingerprint density at radius 1 is 1.08 bits per heavy atom. The number of nitrogens with zero attached hydrogens (tertiary/aromatic N) is 7. The Kier molecular flexibility index (Phi) is 7.57. The fourth-order valence-electron chi connectivity index (χ4n) is 4.76. The third-order valence-electron chi connectivity index (χ3n) is 6.79. The lowest BCUT2D eigenvalue weighted by atomic mass is 10.1. The molecule has 5 rings (SSSR count). The summed E-state index contributed by atoms with van der Waals surface area (Å²) in [7, 11) is 1.28. The number of esters is 1. The van der Waals surface area contributed by atoms with Gasteiger partial charge in [0.05, 0.1) is 38.3 Å². The van der Waals surface area contributed by atoms with Crippen LogP contribution in [0.2, 0.25) is 5.15 Å². The summed E-state index contributed by atoms with van der Waals surface area (Å²) in [6, 6.07) is 8.46. The van der Waals surface area contributed by atoms with Gasteiger partial charge in [-0.25, -0.2) is 24.1 Å². The normalized spacial score (nSPS) is 20.0. The second-order valence-electron chi connectivity index (χ2n) is 9.39. The molecule has 2 saturated heterocycles. The Balaban J connectivity index is 1.43. The number of morpholine rings is 1. The van der Waals surface area contributed by atoms with E-state index in [1.165, 1.54) is 25.4 Å². The van der Waals surface area contributed by atoms with E-state index in [4.69, 9.17) is 31.0 Å². The summed E-state index contributed by atoms with van der Waals surface area (Å²) in [5.74, 6) is 1.05. The molecule has 2 aliphatic rings. The zero-order chi connectivity index (χ0) is 26.8. The molecule has 0 radical (unpaired) electrons. The van der Waals surface area contributed by atoms with Gasteiger partial charge in [0.1, 0.15) is 11.6 Å². The number of hydrogen-bond acceptors (Lipinski definition) is 10. The van der Waals surface area contributed by atoms with Gasteiger partial charge in [-0.15, -0.1) is 0 Å². The smallest absolute Gasteiger partial charge is 0.358 e. The molecule has 38 heavy (non-hydrogen) atoms. The third-order valence-corrected chi connectivity index (χ3v) is 7.05. The number of rotatable bonds is 5. The van der Waals surface area contributed by atoms with Crippen LogP contribution in [0.3, 0.4) is 0 Å². The quantitative estimate of drug-likeness (QED) is 0.447. The Labute approximate surface area is 225 Å². The first-order chi connectivity index (χ1) is 18.3. The van der Waals surface area contributed by atoms with Gasteiger partial charge in [0, 0.05) is 43.9 Å². The molecule has 3 aromatic rings. The van der Waals surface area contributed by atoms with Crippen molar-refractivity contribution in [2.45, 2.75) is 25.9 Å². The molecule has 0 N–H and O–H groups in total. The van der Waals surface area contributed by atoms with E-state index in [-0.39, 0.29) is 28.7 Å². The van der Waals surface area contributed by atoms with Crippen molar-refractivity contribution >= 4 is 35.2 Å². The number of piperazine rings is 1. The molecular formula is C26H29ClFN7O3. The average Bonchev–Trinajstić information content (AvgIpc) is 2.93. The molecular weight excluding hydrogens is 513 g/mol. The van der Waals surface area contributed by atoms with Gasteiger partial charge in [0.15, 0.2) is 16.7 Å². The number of methoxy groups -OCH3 is 1. The van der Waals surface area contributed by atoms with Gasteiger partial charge in [-0.3, -0.25) is 0 Å². The number of ether oxygens (including phenoxy) is 2. The molecule has 4 heterocycles. The molecule has 1 aromatic carbocycles. The summed E-state index contributed by atoms with van der Waals surface area (Å²) < 4.78 is 23.9. The first-order valence-corrected chi connectivity index (χ1v) is 12.8. The monoisotopic (exact) mass is 541 g/mol. The highest BCUT2D eigenvalue weighted by molar-refractivity contribution is 6.31. The number of carbonyl (C=O) groups excluding carboxylic acids is 1. The van der Waals surface area contributed by atoms with Crippen LogP contribution in [-0.4, -0.2) is 84.5 Å². The van der Waals surface area contributed by atoms with Crippen molar-refractivity contribution in [1.29, 1.82) is 0 Å². The summed E-state index contributed by atoms with van der Waals surface area (Å²) in [4.78, 5) is 36.6. The van der Waals surface area contributed by atoms with E-state index in [2.05, 4.69) is 33.6 Å². The van der Waals surface area contributed by atoms with Crippen molar-refractivity contribution in [3.05, 3.63) is 53.2 Å². The Morgan fingerprint density at radius 2 is 1.87 bits per heavy atom. The lowest BCUT2D eigenvalue weighted by molar-refractivity contribution is 0.0593. The van der Waals surface area contributed by atoms with Crippen LogP contribution < -0.4 is 14.7 Å². The van der Waals surface area contributed by atoms with Crippen LogP contribution >= 0.6 is 11.6 Å². The molecule has 2 aliphatic heterocycles. The van der Waals surface area contributed by atoms with Crippen molar-refractivity contribution in [3.8, 4) is 11.3 Å². The van der Waals surface area contributed by atoms with Gasteiger partial charge in [0.2, 0.25) is 5.95 Å².